The van der Waals surface area contributed by atoms with E-state index in [4.69, 9.17) is 10.5 Å². The molecule has 0 fully saturated rings. The van der Waals surface area contributed by atoms with E-state index in [2.05, 4.69) is 20.8 Å². The van der Waals surface area contributed by atoms with E-state index in [9.17, 15) is 0 Å². The van der Waals surface area contributed by atoms with E-state index in [-0.39, 0.29) is 0 Å². The van der Waals surface area contributed by atoms with Crippen LogP contribution in [0.4, 0.5) is 5.69 Å². The third-order valence-electron chi connectivity index (χ3n) is 2.82. The number of benzene rings is 1. The van der Waals surface area contributed by atoms with Crippen LogP contribution in [0.3, 0.4) is 0 Å². The molecule has 2 N–H and O–H groups in total. The van der Waals surface area contributed by atoms with Gasteiger partial charge in [-0.05, 0) is 31.0 Å². The molecule has 1 rings (SSSR count). The number of hydrogen-bond acceptors (Lipinski definition) is 3. The van der Waals surface area contributed by atoms with Gasteiger partial charge in [0.05, 0.1) is 6.61 Å². The molecular weight excluding hydrogens is 230 g/mol. The van der Waals surface area contributed by atoms with Crippen molar-refractivity contribution in [1.29, 1.82) is 0 Å². The molecule has 0 radical (unpaired) electrons. The van der Waals surface area contributed by atoms with E-state index in [1.807, 2.05) is 36.9 Å². The predicted molar refractivity (Wildman–Crippen MR) is 77.6 cm³/mol. The Kier molecular flexibility index (Phi) is 5.69. The van der Waals surface area contributed by atoms with Crippen molar-refractivity contribution in [3.05, 3.63) is 23.8 Å². The van der Waals surface area contributed by atoms with Gasteiger partial charge in [-0.15, -0.1) is 0 Å². The molecule has 96 valence electrons. The minimum absolute atomic E-state index is 0.644. The summed E-state index contributed by atoms with van der Waals surface area (Å²) in [4.78, 5) is 0. The summed E-state index contributed by atoms with van der Waals surface area (Å²) >= 11 is 1.95. The number of anilines is 1. The zero-order chi connectivity index (χ0) is 12.8. The molecule has 0 heterocycles. The standard InChI is InChI=1S/C14H23NOS/c1-5-16-14-7-6-13(15)8-12(14)9-17-11(4)10(2)3/h6-8,10-11H,5,9,15H2,1-4H3. The van der Waals surface area contributed by atoms with Gasteiger partial charge < -0.3 is 10.5 Å². The topological polar surface area (TPSA) is 35.2 Å². The van der Waals surface area contributed by atoms with Crippen LogP contribution >= 0.6 is 11.8 Å². The highest BCUT2D eigenvalue weighted by molar-refractivity contribution is 7.99. The Bertz CT molecular complexity index is 352. The Morgan fingerprint density at radius 1 is 1.29 bits per heavy atom. The van der Waals surface area contributed by atoms with Crippen LogP contribution in [0.2, 0.25) is 0 Å². The Balaban J connectivity index is 2.71. The smallest absolute Gasteiger partial charge is 0.123 e. The Morgan fingerprint density at radius 3 is 2.59 bits per heavy atom. The first kappa shape index (κ1) is 14.2. The van der Waals surface area contributed by atoms with Gasteiger partial charge in [-0.3, -0.25) is 0 Å². The van der Waals surface area contributed by atoms with Gasteiger partial charge >= 0.3 is 0 Å². The van der Waals surface area contributed by atoms with E-state index in [0.29, 0.717) is 17.8 Å². The average Bonchev–Trinajstić information content (AvgIpc) is 2.29. The van der Waals surface area contributed by atoms with Crippen LogP contribution in [0.5, 0.6) is 5.75 Å². The van der Waals surface area contributed by atoms with Crippen molar-refractivity contribution in [2.75, 3.05) is 12.3 Å². The highest BCUT2D eigenvalue weighted by Gasteiger charge is 2.10. The van der Waals surface area contributed by atoms with Crippen LogP contribution in [-0.2, 0) is 5.75 Å². The summed E-state index contributed by atoms with van der Waals surface area (Å²) in [6, 6.07) is 5.88. The van der Waals surface area contributed by atoms with Crippen molar-refractivity contribution in [1.82, 2.24) is 0 Å². The summed E-state index contributed by atoms with van der Waals surface area (Å²) in [5.41, 5.74) is 7.83. The molecule has 1 aromatic carbocycles. The minimum atomic E-state index is 0.644. The maximum absolute atomic E-state index is 5.83. The summed E-state index contributed by atoms with van der Waals surface area (Å²) in [5, 5.41) is 0.644. The molecule has 1 aromatic rings. The number of hydrogen-bond donors (Lipinski definition) is 1. The number of nitrogens with two attached hydrogens (primary N) is 1. The zero-order valence-corrected chi connectivity index (χ0v) is 12.0. The molecule has 1 atom stereocenters. The molecule has 0 aliphatic carbocycles. The largest absolute Gasteiger partial charge is 0.494 e. The van der Waals surface area contributed by atoms with Gasteiger partial charge in [-0.2, -0.15) is 11.8 Å². The van der Waals surface area contributed by atoms with Gasteiger partial charge in [0.2, 0.25) is 0 Å². The van der Waals surface area contributed by atoms with E-state index in [1.54, 1.807) is 0 Å². The van der Waals surface area contributed by atoms with Crippen molar-refractivity contribution >= 4 is 17.4 Å². The highest BCUT2D eigenvalue weighted by atomic mass is 32.2. The van der Waals surface area contributed by atoms with Crippen molar-refractivity contribution < 1.29 is 4.74 Å². The van der Waals surface area contributed by atoms with Crippen LogP contribution in [0, 0.1) is 5.92 Å². The van der Waals surface area contributed by atoms with Gasteiger partial charge in [-0.25, -0.2) is 0 Å². The lowest BCUT2D eigenvalue weighted by atomic mass is 10.2. The van der Waals surface area contributed by atoms with Crippen molar-refractivity contribution in [3.63, 3.8) is 0 Å². The molecule has 0 aromatic heterocycles. The molecule has 2 nitrogen and oxygen atoms in total. The third-order valence-corrected chi connectivity index (χ3v) is 4.37. The second-order valence-corrected chi connectivity index (χ2v) is 5.93. The van der Waals surface area contributed by atoms with Crippen molar-refractivity contribution in [2.45, 2.75) is 38.7 Å². The molecule has 1 unspecified atom stereocenters. The second-order valence-electron chi connectivity index (χ2n) is 4.56. The van der Waals surface area contributed by atoms with Gasteiger partial charge in [0, 0.05) is 22.3 Å². The lowest BCUT2D eigenvalue weighted by molar-refractivity contribution is 0.337. The normalized spacial score (nSPS) is 12.8. The fraction of sp³-hybridized carbons (Fsp3) is 0.571. The molecular formula is C14H23NOS. The quantitative estimate of drug-likeness (QED) is 0.780. The maximum Gasteiger partial charge on any atom is 0.123 e. The van der Waals surface area contributed by atoms with E-state index in [1.165, 1.54) is 5.56 Å². The van der Waals surface area contributed by atoms with Gasteiger partial charge in [0.15, 0.2) is 0 Å². The monoisotopic (exact) mass is 253 g/mol. The molecule has 0 aliphatic rings. The number of rotatable bonds is 6. The summed E-state index contributed by atoms with van der Waals surface area (Å²) in [6.45, 7) is 9.47. The summed E-state index contributed by atoms with van der Waals surface area (Å²) < 4.78 is 5.62. The molecule has 0 saturated carbocycles. The summed E-state index contributed by atoms with van der Waals surface area (Å²) in [6.07, 6.45) is 0. The Labute approximate surface area is 109 Å². The summed E-state index contributed by atoms with van der Waals surface area (Å²) in [7, 11) is 0. The van der Waals surface area contributed by atoms with Crippen LogP contribution in [-0.4, -0.2) is 11.9 Å². The van der Waals surface area contributed by atoms with Crippen molar-refractivity contribution in [2.24, 2.45) is 5.92 Å². The zero-order valence-electron chi connectivity index (χ0n) is 11.2. The molecule has 0 aliphatic heterocycles. The third kappa shape index (κ3) is 4.50. The average molecular weight is 253 g/mol. The molecule has 0 saturated heterocycles. The van der Waals surface area contributed by atoms with Gasteiger partial charge in [-0.1, -0.05) is 20.8 Å². The molecule has 0 bridgehead atoms. The lowest BCUT2D eigenvalue weighted by Crippen LogP contribution is -2.06. The fourth-order valence-corrected chi connectivity index (χ4v) is 2.48. The number of ether oxygens (including phenoxy) is 1. The molecule has 17 heavy (non-hydrogen) atoms. The van der Waals surface area contributed by atoms with Crippen molar-refractivity contribution in [3.8, 4) is 5.75 Å². The maximum atomic E-state index is 5.83. The van der Waals surface area contributed by atoms with E-state index in [0.717, 1.165) is 17.2 Å². The van der Waals surface area contributed by atoms with E-state index >= 15 is 0 Å². The SMILES string of the molecule is CCOc1ccc(N)cc1CSC(C)C(C)C. The van der Waals surface area contributed by atoms with Crippen LogP contribution in [0.15, 0.2) is 18.2 Å². The van der Waals surface area contributed by atoms with Gasteiger partial charge in [0.1, 0.15) is 5.75 Å². The van der Waals surface area contributed by atoms with Crippen LogP contribution < -0.4 is 10.5 Å². The minimum Gasteiger partial charge on any atom is -0.494 e. The predicted octanol–water partition coefficient (Wildman–Crippen LogP) is 3.95. The van der Waals surface area contributed by atoms with E-state index < -0.39 is 0 Å². The van der Waals surface area contributed by atoms with Crippen LogP contribution in [0.25, 0.3) is 0 Å². The molecule has 0 amide bonds. The first-order chi connectivity index (χ1) is 8.04. The highest BCUT2D eigenvalue weighted by Crippen LogP contribution is 2.29. The second kappa shape index (κ2) is 6.80. The lowest BCUT2D eigenvalue weighted by Gasteiger charge is -2.16. The molecule has 3 heteroatoms. The summed E-state index contributed by atoms with van der Waals surface area (Å²) in [5.74, 6) is 2.61. The fourth-order valence-electron chi connectivity index (χ4n) is 1.42. The first-order valence-electron chi connectivity index (χ1n) is 6.17. The molecule has 0 spiro atoms. The number of thioether (sulfide) groups is 1. The first-order valence-corrected chi connectivity index (χ1v) is 7.22. The Morgan fingerprint density at radius 2 is 2.00 bits per heavy atom. The Hall–Kier alpha value is -0.830. The van der Waals surface area contributed by atoms with Gasteiger partial charge in [0.25, 0.3) is 0 Å². The number of nitrogen functional groups attached to an aromatic ring is 1. The van der Waals surface area contributed by atoms with Crippen LogP contribution in [0.1, 0.15) is 33.3 Å².